The maximum Gasteiger partial charge on any atom is 0.339 e. The fraction of sp³-hybridized carbons (Fsp3) is 0.500. The molecular formula is C16H24N2O3. The van der Waals surface area contributed by atoms with Gasteiger partial charge < -0.3 is 15.0 Å². The zero-order chi connectivity index (χ0) is 15.8. The monoisotopic (exact) mass is 292 g/mol. The van der Waals surface area contributed by atoms with Gasteiger partial charge >= 0.3 is 5.97 Å². The molecule has 1 atom stereocenters. The third-order valence-corrected chi connectivity index (χ3v) is 3.48. The number of methoxy groups -OCH3 is 1. The molecule has 1 N–H and O–H groups in total. The Morgan fingerprint density at radius 1 is 1.33 bits per heavy atom. The van der Waals surface area contributed by atoms with E-state index in [0.29, 0.717) is 17.8 Å². The van der Waals surface area contributed by atoms with Crippen LogP contribution in [0.3, 0.4) is 0 Å². The van der Waals surface area contributed by atoms with E-state index in [0.717, 1.165) is 12.8 Å². The minimum Gasteiger partial charge on any atom is -0.465 e. The summed E-state index contributed by atoms with van der Waals surface area (Å²) in [6.07, 6.45) is 2.00. The molecule has 1 amide bonds. The molecule has 1 rings (SSSR count). The molecule has 21 heavy (non-hydrogen) atoms. The second-order valence-electron chi connectivity index (χ2n) is 4.94. The first-order valence-electron chi connectivity index (χ1n) is 7.20. The van der Waals surface area contributed by atoms with Crippen molar-refractivity contribution in [3.8, 4) is 0 Å². The van der Waals surface area contributed by atoms with Gasteiger partial charge in [-0.05, 0) is 25.5 Å². The third kappa shape index (κ3) is 4.48. The Bertz CT molecular complexity index is 488. The number of amides is 1. The van der Waals surface area contributed by atoms with Gasteiger partial charge in [-0.1, -0.05) is 25.5 Å². The summed E-state index contributed by atoms with van der Waals surface area (Å²) < 4.78 is 4.78. The van der Waals surface area contributed by atoms with E-state index in [1.807, 2.05) is 19.1 Å². The van der Waals surface area contributed by atoms with Crippen LogP contribution in [0.2, 0.25) is 0 Å². The zero-order valence-corrected chi connectivity index (χ0v) is 13.2. The fourth-order valence-corrected chi connectivity index (χ4v) is 1.98. The van der Waals surface area contributed by atoms with Crippen molar-refractivity contribution >= 4 is 17.6 Å². The van der Waals surface area contributed by atoms with Crippen molar-refractivity contribution in [2.45, 2.75) is 32.7 Å². The number of rotatable bonds is 7. The van der Waals surface area contributed by atoms with E-state index in [9.17, 15) is 9.59 Å². The van der Waals surface area contributed by atoms with Crippen LogP contribution in [0.5, 0.6) is 0 Å². The minimum absolute atomic E-state index is 0.0504. The van der Waals surface area contributed by atoms with Crippen LogP contribution < -0.4 is 10.2 Å². The lowest BCUT2D eigenvalue weighted by atomic mass is 10.1. The topological polar surface area (TPSA) is 58.6 Å². The lowest BCUT2D eigenvalue weighted by Gasteiger charge is -2.27. The van der Waals surface area contributed by atoms with Gasteiger partial charge in [0.1, 0.15) is 6.04 Å². The van der Waals surface area contributed by atoms with Gasteiger partial charge in [0.25, 0.3) is 0 Å². The molecule has 1 unspecified atom stereocenters. The number of anilines is 1. The van der Waals surface area contributed by atoms with E-state index in [4.69, 9.17) is 4.74 Å². The van der Waals surface area contributed by atoms with E-state index >= 15 is 0 Å². The molecule has 0 fully saturated rings. The molecular weight excluding hydrogens is 268 g/mol. The van der Waals surface area contributed by atoms with Gasteiger partial charge in [0, 0.05) is 13.6 Å². The van der Waals surface area contributed by atoms with Crippen LogP contribution in [0.4, 0.5) is 5.69 Å². The number of nitrogens with zero attached hydrogens (tertiary/aromatic N) is 1. The Kier molecular flexibility index (Phi) is 6.72. The van der Waals surface area contributed by atoms with Crippen LogP contribution in [0.25, 0.3) is 0 Å². The van der Waals surface area contributed by atoms with Gasteiger partial charge in [0.15, 0.2) is 0 Å². The van der Waals surface area contributed by atoms with Crippen molar-refractivity contribution in [3.63, 3.8) is 0 Å². The van der Waals surface area contributed by atoms with Gasteiger partial charge in [-0.2, -0.15) is 0 Å². The van der Waals surface area contributed by atoms with E-state index in [1.165, 1.54) is 7.11 Å². The normalized spacial score (nSPS) is 11.6. The number of nitrogens with one attached hydrogen (secondary N) is 1. The number of benzene rings is 1. The number of likely N-dealkylation sites (N-methyl/N-ethyl adjacent to an activating group) is 1. The Labute approximate surface area is 126 Å². The number of esters is 1. The Hall–Kier alpha value is -2.04. The molecule has 0 aliphatic carbocycles. The average Bonchev–Trinajstić information content (AvgIpc) is 2.52. The molecule has 0 aromatic heterocycles. The fourth-order valence-electron chi connectivity index (χ4n) is 1.98. The Balaban J connectivity index is 2.85. The Morgan fingerprint density at radius 2 is 2.00 bits per heavy atom. The molecule has 5 heteroatoms. The van der Waals surface area contributed by atoms with Crippen LogP contribution in [0, 0.1) is 0 Å². The average molecular weight is 292 g/mol. The standard InChI is InChI=1S/C16H24N2O3/c1-5-6-11-17-15(19)12(2)18(3)14-10-8-7-9-13(14)16(20)21-4/h7-10,12H,5-6,11H2,1-4H3,(H,17,19). The van der Waals surface area contributed by atoms with Crippen molar-refractivity contribution in [3.05, 3.63) is 29.8 Å². The summed E-state index contributed by atoms with van der Waals surface area (Å²) in [6.45, 7) is 4.57. The van der Waals surface area contributed by atoms with Crippen molar-refractivity contribution in [1.29, 1.82) is 0 Å². The van der Waals surface area contributed by atoms with E-state index in [-0.39, 0.29) is 11.9 Å². The maximum atomic E-state index is 12.1. The zero-order valence-electron chi connectivity index (χ0n) is 13.2. The predicted octanol–water partition coefficient (Wildman–Crippen LogP) is 2.21. The summed E-state index contributed by atoms with van der Waals surface area (Å²) >= 11 is 0. The summed E-state index contributed by atoms with van der Waals surface area (Å²) in [5, 5.41) is 2.90. The van der Waals surface area contributed by atoms with Crippen LogP contribution in [0.1, 0.15) is 37.0 Å². The van der Waals surface area contributed by atoms with E-state index < -0.39 is 5.97 Å². The summed E-state index contributed by atoms with van der Waals surface area (Å²) in [4.78, 5) is 25.7. The van der Waals surface area contributed by atoms with Crippen molar-refractivity contribution in [1.82, 2.24) is 5.32 Å². The van der Waals surface area contributed by atoms with Crippen LogP contribution >= 0.6 is 0 Å². The van der Waals surface area contributed by atoms with Gasteiger partial charge in [-0.3, -0.25) is 4.79 Å². The SMILES string of the molecule is CCCCNC(=O)C(C)N(C)c1ccccc1C(=O)OC. The number of unbranched alkanes of at least 4 members (excludes halogenated alkanes) is 1. The minimum atomic E-state index is -0.406. The second-order valence-corrected chi connectivity index (χ2v) is 4.94. The highest BCUT2D eigenvalue weighted by atomic mass is 16.5. The summed E-state index contributed by atoms with van der Waals surface area (Å²) in [7, 11) is 3.14. The first kappa shape index (κ1) is 17.0. The maximum absolute atomic E-state index is 12.1. The van der Waals surface area contributed by atoms with Gasteiger partial charge in [-0.15, -0.1) is 0 Å². The van der Waals surface area contributed by atoms with E-state index in [1.54, 1.807) is 24.1 Å². The molecule has 0 saturated carbocycles. The molecule has 1 aromatic rings. The predicted molar refractivity (Wildman–Crippen MR) is 83.6 cm³/mol. The Morgan fingerprint density at radius 3 is 2.62 bits per heavy atom. The molecule has 0 bridgehead atoms. The molecule has 0 heterocycles. The highest BCUT2D eigenvalue weighted by molar-refractivity contribution is 5.97. The lowest BCUT2D eigenvalue weighted by molar-refractivity contribution is -0.122. The second kappa shape index (κ2) is 8.29. The van der Waals surface area contributed by atoms with Crippen molar-refractivity contribution in [2.24, 2.45) is 0 Å². The smallest absolute Gasteiger partial charge is 0.339 e. The van der Waals surface area contributed by atoms with Gasteiger partial charge in [-0.25, -0.2) is 4.79 Å². The highest BCUT2D eigenvalue weighted by Crippen LogP contribution is 2.21. The number of carbonyl (C=O) groups is 2. The van der Waals surface area contributed by atoms with E-state index in [2.05, 4.69) is 12.2 Å². The molecule has 1 aromatic carbocycles. The highest BCUT2D eigenvalue weighted by Gasteiger charge is 2.22. The number of carbonyl (C=O) groups excluding carboxylic acids is 2. The summed E-state index contributed by atoms with van der Waals surface area (Å²) in [6, 6.07) is 6.74. The molecule has 5 nitrogen and oxygen atoms in total. The number of hydrogen-bond donors (Lipinski definition) is 1. The van der Waals surface area contributed by atoms with Gasteiger partial charge in [0.2, 0.25) is 5.91 Å². The van der Waals surface area contributed by atoms with Gasteiger partial charge in [0.05, 0.1) is 18.4 Å². The lowest BCUT2D eigenvalue weighted by Crippen LogP contribution is -2.44. The molecule has 116 valence electrons. The molecule has 0 radical (unpaired) electrons. The summed E-state index contributed by atoms with van der Waals surface area (Å²) in [5.74, 6) is -0.457. The number of para-hydroxylation sites is 1. The first-order chi connectivity index (χ1) is 10.0. The molecule has 0 saturated heterocycles. The largest absolute Gasteiger partial charge is 0.465 e. The number of ether oxygens (including phenoxy) is 1. The molecule has 0 aliphatic heterocycles. The third-order valence-electron chi connectivity index (χ3n) is 3.48. The molecule has 0 spiro atoms. The quantitative estimate of drug-likeness (QED) is 0.618. The van der Waals surface area contributed by atoms with Crippen molar-refractivity contribution in [2.75, 3.05) is 25.6 Å². The summed E-state index contributed by atoms with van der Waals surface area (Å²) in [5.41, 5.74) is 1.14. The first-order valence-corrected chi connectivity index (χ1v) is 7.20. The van der Waals surface area contributed by atoms with Crippen LogP contribution in [0.15, 0.2) is 24.3 Å². The number of hydrogen-bond acceptors (Lipinski definition) is 4. The molecule has 0 aliphatic rings. The van der Waals surface area contributed by atoms with Crippen LogP contribution in [-0.4, -0.2) is 38.6 Å². The van der Waals surface area contributed by atoms with Crippen molar-refractivity contribution < 1.29 is 14.3 Å². The van der Waals surface area contributed by atoms with Crippen LogP contribution in [-0.2, 0) is 9.53 Å².